The zero-order valence-corrected chi connectivity index (χ0v) is 43.7. The average Bonchev–Trinajstić information content (AvgIpc) is 4.17. The van der Waals surface area contributed by atoms with E-state index in [0.29, 0.717) is 0 Å². The van der Waals surface area contributed by atoms with Gasteiger partial charge < -0.3 is 18.6 Å². The molecule has 76 heavy (non-hydrogen) atoms. The van der Waals surface area contributed by atoms with Gasteiger partial charge in [0.05, 0.1) is 22.7 Å². The first kappa shape index (κ1) is 45.5. The second kappa shape index (κ2) is 17.8. The largest absolute Gasteiger partial charge is 0.454 e. The van der Waals surface area contributed by atoms with Crippen molar-refractivity contribution in [1.29, 1.82) is 0 Å². The van der Waals surface area contributed by atoms with Crippen molar-refractivity contribution < 1.29 is 8.83 Å². The van der Waals surface area contributed by atoms with E-state index in [1.54, 1.807) is 0 Å². The quantitative estimate of drug-likeness (QED) is 0.128. The summed E-state index contributed by atoms with van der Waals surface area (Å²) < 4.78 is 13.9. The average molecular weight is 981 g/mol. The van der Waals surface area contributed by atoms with Crippen molar-refractivity contribution >= 4 is 110 Å². The van der Waals surface area contributed by atoms with Gasteiger partial charge in [0.25, 0.3) is 0 Å². The van der Waals surface area contributed by atoms with E-state index in [0.717, 1.165) is 78.0 Å². The number of benzene rings is 12. The summed E-state index contributed by atoms with van der Waals surface area (Å²) in [5, 5.41) is 11.8. The molecule has 0 saturated heterocycles. The van der Waals surface area contributed by atoms with Gasteiger partial charge in [0.15, 0.2) is 11.2 Å². The highest BCUT2D eigenvalue weighted by atomic mass is 16.3. The Morgan fingerprint density at radius 2 is 0.697 bits per heavy atom. The smallest absolute Gasteiger partial charge is 0.159 e. The lowest BCUT2D eigenvalue weighted by molar-refractivity contribution is 0.668. The van der Waals surface area contributed by atoms with E-state index in [4.69, 9.17) is 8.83 Å². The monoisotopic (exact) mass is 980 g/mol. The number of rotatable bonds is 10. The molecule has 0 atom stereocenters. The van der Waals surface area contributed by atoms with Crippen molar-refractivity contribution in [2.45, 2.75) is 53.4 Å². The van der Waals surface area contributed by atoms with Crippen LogP contribution in [0.2, 0.25) is 0 Å². The third-order valence-electron chi connectivity index (χ3n) is 16.0. The highest BCUT2D eigenvalue weighted by Crippen LogP contribution is 2.53. The minimum absolute atomic E-state index is 0.215. The van der Waals surface area contributed by atoms with Crippen LogP contribution in [0.5, 0.6) is 0 Å². The maximum absolute atomic E-state index is 6.94. The number of furan rings is 2. The molecular weight excluding hydrogens is 925 g/mol. The minimum Gasteiger partial charge on any atom is -0.454 e. The van der Waals surface area contributed by atoms with E-state index in [9.17, 15) is 0 Å². The van der Waals surface area contributed by atoms with Crippen LogP contribution >= 0.6 is 0 Å². The molecule has 14 rings (SSSR count). The predicted octanol–water partition coefficient (Wildman–Crippen LogP) is 21.5. The van der Waals surface area contributed by atoms with Gasteiger partial charge in [0, 0.05) is 43.7 Å². The Hall–Kier alpha value is -9.12. The Kier molecular flexibility index (Phi) is 10.6. The SMILES string of the molecule is Cc1cc(N(c2cc(C(C)C)c3ccc4c(N(c5ccc(-c6ccccc6)c(C)c5)c5cccc6c5oc5ccccc56)cc(C(C)C)c5ccc2c3c54)c2cccc3c2oc2ccccc23)ccc1-c1ccccc1. The van der Waals surface area contributed by atoms with E-state index in [1.807, 2.05) is 0 Å². The molecular formula is C72H56N2O2. The van der Waals surface area contributed by atoms with Crippen LogP contribution in [0.15, 0.2) is 227 Å². The molecule has 2 aromatic heterocycles. The summed E-state index contributed by atoms with van der Waals surface area (Å²) >= 11 is 0. The summed E-state index contributed by atoms with van der Waals surface area (Å²) in [4.78, 5) is 4.94. The normalized spacial score (nSPS) is 12.1. The van der Waals surface area contributed by atoms with E-state index in [-0.39, 0.29) is 11.8 Å². The molecule has 12 aromatic carbocycles. The summed E-state index contributed by atoms with van der Waals surface area (Å²) in [5.74, 6) is 0.429. The Bertz CT molecular complexity index is 4270. The zero-order valence-electron chi connectivity index (χ0n) is 43.7. The highest BCUT2D eigenvalue weighted by Gasteiger charge is 2.29. The fourth-order valence-electron chi connectivity index (χ4n) is 12.4. The first-order valence-corrected chi connectivity index (χ1v) is 26.7. The third-order valence-corrected chi connectivity index (χ3v) is 16.0. The van der Waals surface area contributed by atoms with Gasteiger partial charge in [0.2, 0.25) is 0 Å². The second-order valence-corrected chi connectivity index (χ2v) is 21.3. The van der Waals surface area contributed by atoms with Crippen LogP contribution in [-0.4, -0.2) is 0 Å². The van der Waals surface area contributed by atoms with Crippen LogP contribution in [0.4, 0.5) is 34.1 Å². The molecule has 0 bridgehead atoms. The van der Waals surface area contributed by atoms with Gasteiger partial charge in [0.1, 0.15) is 11.2 Å². The van der Waals surface area contributed by atoms with Gasteiger partial charge in [-0.05, 0) is 152 Å². The fourth-order valence-corrected chi connectivity index (χ4v) is 12.4. The summed E-state index contributed by atoms with van der Waals surface area (Å²) in [6, 6.07) is 79.8. The molecule has 4 heteroatoms. The summed E-state index contributed by atoms with van der Waals surface area (Å²) in [7, 11) is 0. The van der Waals surface area contributed by atoms with E-state index in [2.05, 4.69) is 270 Å². The topological polar surface area (TPSA) is 32.8 Å². The molecule has 0 aliphatic rings. The zero-order chi connectivity index (χ0) is 51.3. The van der Waals surface area contributed by atoms with Gasteiger partial charge in [-0.1, -0.05) is 185 Å². The molecule has 4 nitrogen and oxygen atoms in total. The first-order chi connectivity index (χ1) is 37.2. The number of fused-ring (bicyclic) bond motifs is 6. The molecule has 0 radical (unpaired) electrons. The predicted molar refractivity (Wildman–Crippen MR) is 323 cm³/mol. The number of hydrogen-bond acceptors (Lipinski definition) is 4. The van der Waals surface area contributed by atoms with E-state index >= 15 is 0 Å². The molecule has 0 fully saturated rings. The number of nitrogens with zero attached hydrogens (tertiary/aromatic N) is 2. The van der Waals surface area contributed by atoms with Crippen LogP contribution in [0, 0.1) is 13.8 Å². The molecule has 2 heterocycles. The van der Waals surface area contributed by atoms with Crippen molar-refractivity contribution in [3.8, 4) is 22.3 Å². The van der Waals surface area contributed by atoms with Crippen molar-refractivity contribution in [2.24, 2.45) is 0 Å². The maximum Gasteiger partial charge on any atom is 0.159 e. The van der Waals surface area contributed by atoms with E-state index in [1.165, 1.54) is 76.8 Å². The Balaban J connectivity index is 1.08. The van der Waals surface area contributed by atoms with Gasteiger partial charge in [-0.25, -0.2) is 0 Å². The van der Waals surface area contributed by atoms with Gasteiger partial charge in [-0.15, -0.1) is 0 Å². The molecule has 366 valence electrons. The Morgan fingerprint density at radius 3 is 1.11 bits per heavy atom. The number of hydrogen-bond donors (Lipinski definition) is 0. The van der Waals surface area contributed by atoms with Gasteiger partial charge in [-0.3, -0.25) is 0 Å². The molecule has 0 unspecified atom stereocenters. The Labute approximate surface area is 443 Å². The second-order valence-electron chi connectivity index (χ2n) is 21.3. The lowest BCUT2D eigenvalue weighted by Crippen LogP contribution is -2.13. The molecule has 0 amide bonds. The minimum atomic E-state index is 0.215. The van der Waals surface area contributed by atoms with Crippen molar-refractivity contribution in [2.75, 3.05) is 9.80 Å². The molecule has 0 N–H and O–H groups in total. The van der Waals surface area contributed by atoms with E-state index < -0.39 is 0 Å². The maximum atomic E-state index is 6.94. The summed E-state index contributed by atoms with van der Waals surface area (Å²) in [6.07, 6.45) is 0. The summed E-state index contributed by atoms with van der Waals surface area (Å²) in [6.45, 7) is 13.8. The fraction of sp³-hybridized carbons (Fsp3) is 0.111. The molecule has 0 aliphatic carbocycles. The standard InChI is InChI=1S/C72H56N2O2/c1-43(2)61-41-65(73(49-31-33-51(45(5)39-49)47-19-9-7-10-20-47)63-27-17-25-57-53-23-13-15-29-67(53)75-71(57)63)59-38-36-56-62(44(3)4)42-66(60-37-35-55(61)69(59)70(56)60)74(50-32-34-52(46(6)40-50)48-21-11-8-12-22-48)64-28-18-26-58-54-24-14-16-30-68(54)76-72(58)64/h7-44H,1-6H3. The Morgan fingerprint density at radius 1 is 0.316 bits per heavy atom. The highest BCUT2D eigenvalue weighted by molar-refractivity contribution is 6.30. The van der Waals surface area contributed by atoms with Crippen LogP contribution < -0.4 is 9.80 Å². The molecule has 0 aliphatic heterocycles. The number of anilines is 6. The summed E-state index contributed by atoms with van der Waals surface area (Å²) in [5.41, 5.74) is 19.6. The van der Waals surface area contributed by atoms with Crippen LogP contribution in [0.1, 0.15) is 61.8 Å². The van der Waals surface area contributed by atoms with Crippen LogP contribution in [0.3, 0.4) is 0 Å². The van der Waals surface area contributed by atoms with Crippen molar-refractivity contribution in [3.05, 3.63) is 241 Å². The van der Waals surface area contributed by atoms with Crippen LogP contribution in [-0.2, 0) is 0 Å². The number of para-hydroxylation sites is 4. The third kappa shape index (κ3) is 7.12. The molecule has 0 spiro atoms. The lowest BCUT2D eigenvalue weighted by atomic mass is 9.84. The van der Waals surface area contributed by atoms with Gasteiger partial charge in [-0.2, -0.15) is 0 Å². The van der Waals surface area contributed by atoms with Crippen molar-refractivity contribution in [3.63, 3.8) is 0 Å². The first-order valence-electron chi connectivity index (χ1n) is 26.7. The van der Waals surface area contributed by atoms with Gasteiger partial charge >= 0.3 is 0 Å². The molecule has 0 saturated carbocycles. The van der Waals surface area contributed by atoms with Crippen LogP contribution in [0.25, 0.3) is 98.4 Å². The van der Waals surface area contributed by atoms with Crippen molar-refractivity contribution in [1.82, 2.24) is 0 Å². The number of aryl methyl sites for hydroxylation is 2. The lowest BCUT2D eigenvalue weighted by Gasteiger charge is -2.32. The molecule has 14 aromatic rings.